The zero-order chi connectivity index (χ0) is 105. The van der Waals surface area contributed by atoms with Gasteiger partial charge in [-0.25, -0.2) is 0 Å². The molecule has 8 aliphatic rings. The summed E-state index contributed by atoms with van der Waals surface area (Å²) in [6, 6.07) is 75.8. The largest absolute Gasteiger partial charge is 0.496 e. The van der Waals surface area contributed by atoms with Gasteiger partial charge >= 0.3 is 0 Å². The molecule has 11 aromatic carbocycles. The molecule has 0 spiro atoms. The summed E-state index contributed by atoms with van der Waals surface area (Å²) in [7, 11) is 9.69. The van der Waals surface area contributed by atoms with E-state index in [1.165, 1.54) is 0 Å². The number of likely N-dealkylation sites (N-methyl/N-ethyl adjacent to an activating group) is 1. The molecule has 4 aliphatic heterocycles. The summed E-state index contributed by atoms with van der Waals surface area (Å²) in [5.74, 6) is 1.06. The number of benzene rings is 11. The highest BCUT2D eigenvalue weighted by molar-refractivity contribution is 8.07. The fourth-order valence-electron chi connectivity index (χ4n) is 19.0. The van der Waals surface area contributed by atoms with Crippen molar-refractivity contribution in [1.29, 1.82) is 0 Å². The molecule has 0 saturated carbocycles. The van der Waals surface area contributed by atoms with Gasteiger partial charge < -0.3 is 64.0 Å². The topological polar surface area (TPSA) is 265 Å². The van der Waals surface area contributed by atoms with Crippen LogP contribution in [0.4, 0.5) is 28.4 Å². The summed E-state index contributed by atoms with van der Waals surface area (Å²) >= 11 is 1.61. The second kappa shape index (κ2) is 47.4. The molecule has 22 heteroatoms. The zero-order valence-electron chi connectivity index (χ0n) is 84.6. The number of nitrogens with zero attached hydrogens (tertiary/aromatic N) is 6. The number of rotatable bonds is 27. The number of anilines is 5. The molecule has 746 valence electrons. The van der Waals surface area contributed by atoms with Crippen LogP contribution in [0, 0.1) is 6.92 Å². The molecule has 0 amide bonds. The van der Waals surface area contributed by atoms with Crippen LogP contribution in [0.25, 0.3) is 46.7 Å². The maximum Gasteiger partial charge on any atom is 0.198 e. The molecule has 148 heavy (non-hydrogen) atoms. The summed E-state index contributed by atoms with van der Waals surface area (Å²) in [6.07, 6.45) is 32.4. The minimum absolute atomic E-state index is 0.0164. The Hall–Kier alpha value is -16.7. The molecular weight excluding hydrogens is 1870 g/mol. The standard InChI is InChI=1S/C34H30N2O3.C34H27NO5.C30H32N2O4.C28H27NO3S/c1-35(2)26-15-9-23(10-16-26)13-19-28-21-25(32-33(37)30-7-5-6-8-31(30)34(32)38)22-29(39-28)20-14-24-11-17-27(18-12-24)36(3)4;36-19-17-35(18-20-37)30-16-14-22(24-7-1-2-8-25(24)30)13-15-23-21-29(26-9-5-6-12-31(26)40-23)32-33(38)27-10-3-4-11-28(27)34(32)39;1-4-32-21(3)18-23(28-29(35)26-7-5-6-8-27(26)30(28)36)19-25(32)12-10-22-9-11-24(17-20(22)2)31(13-15-33)14-16-34;1-5-29(6-2)21-13-11-19(25(17-21)32-4)12-14-22-16-20(15-18(3)33-22)26-27(30)23-9-7-8-10-24(23)28(26)31/h5-22H,1-4H3;1-16,21,36-37H,17-20H2;5-12,17-19,33-34H,4,13-16H2,1-3H3;7-17H,5-6H2,1-4H3. The Morgan fingerprint density at radius 1 is 0.345 bits per heavy atom. The van der Waals surface area contributed by atoms with Gasteiger partial charge in [-0.05, 0) is 230 Å². The van der Waals surface area contributed by atoms with Crippen molar-refractivity contribution in [2.75, 3.05) is 132 Å². The summed E-state index contributed by atoms with van der Waals surface area (Å²) < 4.78 is 18.0. The lowest BCUT2D eigenvalue weighted by Gasteiger charge is -2.29. The fourth-order valence-corrected chi connectivity index (χ4v) is 19.8. The van der Waals surface area contributed by atoms with E-state index in [0.29, 0.717) is 122 Å². The van der Waals surface area contributed by atoms with Gasteiger partial charge in [-0.1, -0.05) is 218 Å². The summed E-state index contributed by atoms with van der Waals surface area (Å²) in [6.45, 7) is 16.7. The fraction of sp³-hybridized carbons (Fsp3) is 0.175. The van der Waals surface area contributed by atoms with Gasteiger partial charge in [0.15, 0.2) is 46.3 Å². The number of Topliss-reactive ketones (excluding diaryl/α,β-unsaturated/α-hetero) is 8. The molecule has 0 radical (unpaired) electrons. The van der Waals surface area contributed by atoms with Crippen LogP contribution in [-0.2, 0) is 4.74 Å². The first-order valence-electron chi connectivity index (χ1n) is 49.3. The number of thioether (sulfide) groups is 1. The number of aliphatic hydroxyl groups is 4. The molecule has 0 unspecified atom stereocenters. The number of ketones is 8. The van der Waals surface area contributed by atoms with E-state index < -0.39 is 0 Å². The van der Waals surface area contributed by atoms with Crippen molar-refractivity contribution in [1.82, 2.24) is 4.90 Å². The van der Waals surface area contributed by atoms with Crippen LogP contribution >= 0.6 is 11.8 Å². The number of ether oxygens (including phenoxy) is 3. The minimum atomic E-state index is -0.274. The van der Waals surface area contributed by atoms with E-state index in [2.05, 4.69) is 48.8 Å². The van der Waals surface area contributed by atoms with Crippen LogP contribution in [0.3, 0.4) is 0 Å². The molecule has 0 saturated heterocycles. The smallest absolute Gasteiger partial charge is 0.198 e. The highest BCUT2D eigenvalue weighted by Crippen LogP contribution is 2.45. The van der Waals surface area contributed by atoms with Gasteiger partial charge in [-0.3, -0.25) is 38.4 Å². The highest BCUT2D eigenvalue weighted by atomic mass is 32.2. The molecule has 0 fully saturated rings. The van der Waals surface area contributed by atoms with Crippen LogP contribution < -0.4 is 34.0 Å². The Morgan fingerprint density at radius 3 is 1.20 bits per heavy atom. The van der Waals surface area contributed by atoms with Crippen molar-refractivity contribution in [2.45, 2.75) is 41.5 Å². The first-order chi connectivity index (χ1) is 71.7. The molecule has 4 heterocycles. The van der Waals surface area contributed by atoms with E-state index in [-0.39, 0.29) is 95.0 Å². The van der Waals surface area contributed by atoms with Crippen molar-refractivity contribution in [3.05, 3.63) is 477 Å². The van der Waals surface area contributed by atoms with Gasteiger partial charge in [0.1, 0.15) is 28.8 Å². The maximum absolute atomic E-state index is 13.3. The number of allylic oxidation sites excluding steroid dienone is 22. The predicted molar refractivity (Wildman–Crippen MR) is 596 cm³/mol. The number of para-hydroxylation sites is 1. The summed E-state index contributed by atoms with van der Waals surface area (Å²) in [4.78, 5) is 120. The number of aliphatic hydroxyl groups excluding tert-OH is 4. The molecule has 4 N–H and O–H groups in total. The van der Waals surface area contributed by atoms with E-state index in [0.717, 1.165) is 119 Å². The van der Waals surface area contributed by atoms with Crippen molar-refractivity contribution >= 4 is 133 Å². The van der Waals surface area contributed by atoms with Gasteiger partial charge in [0, 0.05) is 191 Å². The van der Waals surface area contributed by atoms with Gasteiger partial charge in [0.05, 0.1) is 55.8 Å². The number of methoxy groups -OCH3 is 1. The zero-order valence-corrected chi connectivity index (χ0v) is 85.4. The second-order valence-corrected chi connectivity index (χ2v) is 37.6. The quantitative estimate of drug-likeness (QED) is 0.0275. The number of fused-ring (bicyclic) bond motifs is 6. The Morgan fingerprint density at radius 2 is 0.736 bits per heavy atom. The van der Waals surface area contributed by atoms with Crippen LogP contribution in [-0.4, -0.2) is 179 Å². The van der Waals surface area contributed by atoms with Gasteiger partial charge in [-0.15, -0.1) is 0 Å². The second-order valence-electron chi connectivity index (χ2n) is 36.3. The molecule has 4 aliphatic carbocycles. The van der Waals surface area contributed by atoms with E-state index >= 15 is 0 Å². The van der Waals surface area contributed by atoms with Crippen molar-refractivity contribution in [3.8, 4) is 11.5 Å². The number of carbonyl (C=O) groups excluding carboxylic acids is 8. The van der Waals surface area contributed by atoms with Crippen LogP contribution in [0.2, 0.25) is 0 Å². The first kappa shape index (κ1) is 104. The Labute approximate surface area is 867 Å². The van der Waals surface area contributed by atoms with Crippen molar-refractivity contribution in [3.63, 3.8) is 0 Å². The highest BCUT2D eigenvalue weighted by Gasteiger charge is 2.40. The molecule has 0 atom stereocenters. The number of hydrogen-bond donors (Lipinski definition) is 4. The monoisotopic (exact) mass is 1980 g/mol. The average molecular weight is 1990 g/mol. The van der Waals surface area contributed by atoms with Crippen molar-refractivity contribution < 1.29 is 73.0 Å². The molecule has 0 aromatic heterocycles. The number of aryl methyl sites for hydroxylation is 1. The summed E-state index contributed by atoms with van der Waals surface area (Å²) in [5.41, 5.74) is 20.7. The molecule has 0 bridgehead atoms. The first-order valence-corrected chi connectivity index (χ1v) is 50.1. The van der Waals surface area contributed by atoms with Gasteiger partial charge in [0.2, 0.25) is 0 Å². The average Bonchev–Trinajstić information content (AvgIpc) is 1.61. The molecule has 11 aromatic rings. The Bertz CT molecular complexity index is 7440. The lowest BCUT2D eigenvalue weighted by atomic mass is 9.93. The van der Waals surface area contributed by atoms with Gasteiger partial charge in [0.25, 0.3) is 0 Å². The van der Waals surface area contributed by atoms with E-state index in [1.54, 1.807) is 134 Å². The summed E-state index contributed by atoms with van der Waals surface area (Å²) in [5, 5.41) is 39.7. The lowest BCUT2D eigenvalue weighted by molar-refractivity contribution is 0.0972. The Kier molecular flexibility index (Phi) is 33.4. The van der Waals surface area contributed by atoms with Crippen LogP contribution in [0.15, 0.2) is 393 Å². The molecular formula is C126H116N6O15S. The Balaban J connectivity index is 0.000000141. The predicted octanol–water partition coefficient (Wildman–Crippen LogP) is 22.9. The third kappa shape index (κ3) is 22.8. The normalized spacial score (nSPS) is 15.1. The maximum atomic E-state index is 13.3. The number of carbonyl (C=O) groups is 8. The SMILES string of the molecule is CCN(CC)c1ccc(C=CC2=CC(=C3C(=O)c4ccccc4C3=O)C=C(C)S2)c(OC)c1.CCN1C(C)=CC(=C2C(=O)c3ccccc3C2=O)C=C1C=Cc1ccc(N(CCO)CCO)cc1C.CN(C)c1ccc(C=CC2=CC(=C3C(=O)c4ccccc4C3=O)C=C(C=Cc3ccc(N(C)C)cc3)O2)cc1.O=C1C(=C2C=C(C=Cc3ccc(N(CCO)CCO)c4ccccc34)Oc3ccccc32)C(=O)c2ccccc21. The number of hydrogen-bond acceptors (Lipinski definition) is 22. The van der Waals surface area contributed by atoms with Crippen molar-refractivity contribution in [2.24, 2.45) is 0 Å². The third-order valence-corrected chi connectivity index (χ3v) is 27.4. The molecule has 19 rings (SSSR count). The molecule has 21 nitrogen and oxygen atoms in total. The van der Waals surface area contributed by atoms with Crippen LogP contribution in [0.1, 0.15) is 156 Å². The van der Waals surface area contributed by atoms with E-state index in [1.807, 2.05) is 281 Å². The third-order valence-electron chi connectivity index (χ3n) is 26.5. The van der Waals surface area contributed by atoms with E-state index in [9.17, 15) is 58.8 Å². The lowest BCUT2D eigenvalue weighted by Crippen LogP contribution is -2.29. The minimum Gasteiger partial charge on any atom is -0.496 e. The van der Waals surface area contributed by atoms with Gasteiger partial charge in [-0.2, -0.15) is 0 Å². The van der Waals surface area contributed by atoms with Crippen LogP contribution in [0.5, 0.6) is 11.5 Å². The van der Waals surface area contributed by atoms with E-state index in [4.69, 9.17) is 14.2 Å².